The van der Waals surface area contributed by atoms with Gasteiger partial charge >= 0.3 is 11.9 Å². The minimum absolute atomic E-state index is 0.495. The second-order valence-corrected chi connectivity index (χ2v) is 5.63. The molecule has 1 atom stereocenters. The molecule has 1 unspecified atom stereocenters. The molecule has 0 radical (unpaired) electrons. The van der Waals surface area contributed by atoms with E-state index in [0.29, 0.717) is 18.1 Å². The molecular weight excluding hydrogens is 318 g/mol. The Morgan fingerprint density at radius 3 is 2.16 bits per heavy atom. The first-order valence-electron chi connectivity index (χ1n) is 8.05. The van der Waals surface area contributed by atoms with Gasteiger partial charge in [0.15, 0.2) is 0 Å². The maximum absolute atomic E-state index is 9.55. The van der Waals surface area contributed by atoms with Crippen LogP contribution < -0.4 is 5.32 Å². The summed E-state index contributed by atoms with van der Waals surface area (Å²) in [6.07, 6.45) is 2.25. The van der Waals surface area contributed by atoms with E-state index in [0.717, 1.165) is 19.5 Å². The molecule has 3 rings (SSSR count). The van der Waals surface area contributed by atoms with Crippen LogP contribution in [-0.4, -0.2) is 35.2 Å². The molecule has 1 aliphatic heterocycles. The van der Waals surface area contributed by atoms with Crippen molar-refractivity contribution >= 4 is 11.9 Å². The van der Waals surface area contributed by atoms with Gasteiger partial charge in [-0.25, -0.2) is 9.59 Å². The lowest BCUT2D eigenvalue weighted by molar-refractivity contribution is -0.134. The molecule has 5 heteroatoms. The predicted octanol–water partition coefficient (Wildman–Crippen LogP) is 2.68. The van der Waals surface area contributed by atoms with Crippen molar-refractivity contribution in [2.75, 3.05) is 13.1 Å². The Morgan fingerprint density at radius 1 is 0.920 bits per heavy atom. The second-order valence-electron chi connectivity index (χ2n) is 5.63. The first kappa shape index (κ1) is 18.4. The van der Waals surface area contributed by atoms with E-state index in [4.69, 9.17) is 10.2 Å². The van der Waals surface area contributed by atoms with Crippen LogP contribution >= 0.6 is 0 Å². The highest BCUT2D eigenvalue weighted by molar-refractivity contribution is 5.89. The molecule has 0 saturated heterocycles. The van der Waals surface area contributed by atoms with Crippen molar-refractivity contribution in [3.05, 3.63) is 83.4 Å². The van der Waals surface area contributed by atoms with Crippen LogP contribution in [0, 0.1) is 0 Å². The predicted molar refractivity (Wildman–Crippen MR) is 95.7 cm³/mol. The number of aliphatic carboxylic acids is 2. The Balaban J connectivity index is 0.000000242. The van der Waals surface area contributed by atoms with Gasteiger partial charge in [0.05, 0.1) is 0 Å². The number of fused-ring (bicyclic) bond motifs is 1. The summed E-state index contributed by atoms with van der Waals surface area (Å²) in [6.45, 7) is 2.13. The second kappa shape index (κ2) is 9.39. The summed E-state index contributed by atoms with van der Waals surface area (Å²) < 4.78 is 0. The number of carboxylic acids is 2. The number of carbonyl (C=O) groups is 2. The minimum atomic E-state index is -1.26. The number of nitrogens with one attached hydrogen (secondary N) is 1. The summed E-state index contributed by atoms with van der Waals surface area (Å²) in [5, 5.41) is 19.2. The summed E-state index contributed by atoms with van der Waals surface area (Å²) >= 11 is 0. The zero-order chi connectivity index (χ0) is 18.1. The van der Waals surface area contributed by atoms with Crippen molar-refractivity contribution in [3.8, 4) is 0 Å². The number of hydrogen-bond acceptors (Lipinski definition) is 3. The lowest BCUT2D eigenvalue weighted by Crippen LogP contribution is -2.20. The fourth-order valence-corrected chi connectivity index (χ4v) is 2.81. The van der Waals surface area contributed by atoms with E-state index >= 15 is 0 Å². The van der Waals surface area contributed by atoms with Crippen LogP contribution in [0.1, 0.15) is 22.6 Å². The van der Waals surface area contributed by atoms with Gasteiger partial charge in [0, 0.05) is 24.6 Å². The highest BCUT2D eigenvalue weighted by Gasteiger charge is 2.19. The fourth-order valence-electron chi connectivity index (χ4n) is 2.81. The fraction of sp³-hybridized carbons (Fsp3) is 0.200. The zero-order valence-electron chi connectivity index (χ0n) is 13.8. The van der Waals surface area contributed by atoms with Gasteiger partial charge < -0.3 is 15.5 Å². The molecule has 130 valence electrons. The Hall–Kier alpha value is -2.92. The van der Waals surface area contributed by atoms with Crippen LogP contribution in [-0.2, 0) is 16.0 Å². The standard InChI is InChI=1S/C16H17N.C4H4O4/c1-2-6-13(7-3-1)16-12-17-11-10-14-8-4-5-9-15(14)16;5-3(6)1-2-4(7)8/h1-9,16-17H,10-12H2;1-2H,(H,5,6)(H,7,8). The third kappa shape index (κ3) is 5.90. The largest absolute Gasteiger partial charge is 0.478 e. The third-order valence-corrected chi connectivity index (χ3v) is 3.92. The van der Waals surface area contributed by atoms with E-state index in [1.165, 1.54) is 16.7 Å². The van der Waals surface area contributed by atoms with E-state index in [9.17, 15) is 9.59 Å². The highest BCUT2D eigenvalue weighted by atomic mass is 16.4. The van der Waals surface area contributed by atoms with Crippen LogP contribution in [0.15, 0.2) is 66.7 Å². The average Bonchev–Trinajstić information content (AvgIpc) is 2.84. The Morgan fingerprint density at radius 2 is 1.52 bits per heavy atom. The molecule has 0 saturated carbocycles. The van der Waals surface area contributed by atoms with E-state index in [-0.39, 0.29) is 0 Å². The summed E-state index contributed by atoms with van der Waals surface area (Å²) in [4.78, 5) is 19.1. The van der Waals surface area contributed by atoms with Gasteiger partial charge in [0.1, 0.15) is 0 Å². The molecular formula is C20H21NO4. The normalized spacial score (nSPS) is 16.2. The molecule has 0 aliphatic carbocycles. The van der Waals surface area contributed by atoms with E-state index in [1.807, 2.05) is 0 Å². The lowest BCUT2D eigenvalue weighted by Gasteiger charge is -2.17. The van der Waals surface area contributed by atoms with Gasteiger partial charge in [0.25, 0.3) is 0 Å². The van der Waals surface area contributed by atoms with Crippen LogP contribution in [0.25, 0.3) is 0 Å². The van der Waals surface area contributed by atoms with Crippen molar-refractivity contribution in [1.29, 1.82) is 0 Å². The molecule has 2 aromatic carbocycles. The number of hydrogen-bond donors (Lipinski definition) is 3. The van der Waals surface area contributed by atoms with Gasteiger partial charge in [-0.05, 0) is 29.7 Å². The molecule has 25 heavy (non-hydrogen) atoms. The highest BCUT2D eigenvalue weighted by Crippen LogP contribution is 2.28. The summed E-state index contributed by atoms with van der Waals surface area (Å²) in [7, 11) is 0. The smallest absolute Gasteiger partial charge is 0.328 e. The van der Waals surface area contributed by atoms with E-state index in [2.05, 4.69) is 59.9 Å². The number of benzene rings is 2. The van der Waals surface area contributed by atoms with Crippen molar-refractivity contribution < 1.29 is 19.8 Å². The Labute approximate surface area is 146 Å². The summed E-state index contributed by atoms with van der Waals surface area (Å²) in [5.41, 5.74) is 4.39. The number of carboxylic acid groups (broad SMARTS) is 2. The van der Waals surface area contributed by atoms with Crippen molar-refractivity contribution in [2.24, 2.45) is 0 Å². The van der Waals surface area contributed by atoms with Crippen molar-refractivity contribution in [3.63, 3.8) is 0 Å². The van der Waals surface area contributed by atoms with Gasteiger partial charge in [0.2, 0.25) is 0 Å². The SMILES string of the molecule is O=C(O)C=CC(=O)O.c1ccc(C2CNCCc3ccccc32)cc1. The maximum Gasteiger partial charge on any atom is 0.328 e. The van der Waals surface area contributed by atoms with Gasteiger partial charge in [-0.1, -0.05) is 54.6 Å². The van der Waals surface area contributed by atoms with Crippen molar-refractivity contribution in [1.82, 2.24) is 5.32 Å². The zero-order valence-corrected chi connectivity index (χ0v) is 13.8. The maximum atomic E-state index is 9.55. The molecule has 5 nitrogen and oxygen atoms in total. The van der Waals surface area contributed by atoms with Crippen LogP contribution in [0.5, 0.6) is 0 Å². The molecule has 3 N–H and O–H groups in total. The van der Waals surface area contributed by atoms with E-state index in [1.54, 1.807) is 0 Å². The molecule has 0 aromatic heterocycles. The average molecular weight is 339 g/mol. The van der Waals surface area contributed by atoms with Crippen LogP contribution in [0.3, 0.4) is 0 Å². The Bertz CT molecular complexity index is 724. The van der Waals surface area contributed by atoms with Gasteiger partial charge in [-0.15, -0.1) is 0 Å². The molecule has 1 aliphatic rings. The minimum Gasteiger partial charge on any atom is -0.478 e. The molecule has 0 spiro atoms. The van der Waals surface area contributed by atoms with Gasteiger partial charge in [-0.2, -0.15) is 0 Å². The molecule has 1 heterocycles. The van der Waals surface area contributed by atoms with Crippen molar-refractivity contribution in [2.45, 2.75) is 12.3 Å². The third-order valence-electron chi connectivity index (χ3n) is 3.92. The van der Waals surface area contributed by atoms with Crippen LogP contribution in [0.4, 0.5) is 0 Å². The number of rotatable bonds is 3. The summed E-state index contributed by atoms with van der Waals surface area (Å²) in [5.74, 6) is -2.02. The first-order valence-corrected chi connectivity index (χ1v) is 8.05. The molecule has 2 aromatic rings. The topological polar surface area (TPSA) is 86.6 Å². The van der Waals surface area contributed by atoms with Gasteiger partial charge in [-0.3, -0.25) is 0 Å². The summed E-state index contributed by atoms with van der Waals surface area (Å²) in [6, 6.07) is 19.6. The van der Waals surface area contributed by atoms with Crippen LogP contribution in [0.2, 0.25) is 0 Å². The van der Waals surface area contributed by atoms with E-state index < -0.39 is 11.9 Å². The monoisotopic (exact) mass is 339 g/mol. The molecule has 0 bridgehead atoms. The molecule has 0 fully saturated rings. The lowest BCUT2D eigenvalue weighted by atomic mass is 9.88. The first-order chi connectivity index (χ1) is 12.1. The molecule has 0 amide bonds. The quantitative estimate of drug-likeness (QED) is 0.749. The Kier molecular flexibility index (Phi) is 6.92.